The summed E-state index contributed by atoms with van der Waals surface area (Å²) in [5.41, 5.74) is 1.22. The second kappa shape index (κ2) is 7.72. The number of hydrogen-bond donors (Lipinski definition) is 1. The normalized spacial score (nSPS) is 14.1. The van der Waals surface area contributed by atoms with Gasteiger partial charge in [0.15, 0.2) is 0 Å². The second-order valence-electron chi connectivity index (χ2n) is 6.52. The van der Waals surface area contributed by atoms with Crippen molar-refractivity contribution in [3.8, 4) is 11.5 Å². The molecule has 6 nitrogen and oxygen atoms in total. The van der Waals surface area contributed by atoms with E-state index >= 15 is 0 Å². The lowest BCUT2D eigenvalue weighted by molar-refractivity contribution is -0.138. The molecule has 0 saturated heterocycles. The molecule has 2 amide bonds. The third-order valence-corrected chi connectivity index (χ3v) is 4.43. The number of methoxy groups -OCH3 is 2. The largest absolute Gasteiger partial charge is 0.497 e. The Kier molecular flexibility index (Phi) is 5.35. The van der Waals surface area contributed by atoms with Gasteiger partial charge in [0.2, 0.25) is 0 Å². The number of benzene rings is 2. The summed E-state index contributed by atoms with van der Waals surface area (Å²) in [5.74, 6) is -0.272. The molecule has 1 aliphatic rings. The van der Waals surface area contributed by atoms with Crippen molar-refractivity contribution in [2.24, 2.45) is 0 Å². The molecule has 1 N–H and O–H groups in total. The zero-order valence-corrected chi connectivity index (χ0v) is 16.1. The van der Waals surface area contributed by atoms with E-state index < -0.39 is 17.6 Å². The van der Waals surface area contributed by atoms with E-state index in [-0.39, 0.29) is 17.3 Å². The van der Waals surface area contributed by atoms with E-state index in [0.29, 0.717) is 22.7 Å². The summed E-state index contributed by atoms with van der Waals surface area (Å²) < 4.78 is 23.9. The van der Waals surface area contributed by atoms with Crippen LogP contribution in [0, 0.1) is 5.82 Å². The summed E-state index contributed by atoms with van der Waals surface area (Å²) in [7, 11) is 3.03. The fourth-order valence-corrected chi connectivity index (χ4v) is 3.06. The Morgan fingerprint density at radius 2 is 1.64 bits per heavy atom. The number of hydrogen-bond acceptors (Lipinski definition) is 5. The highest BCUT2D eigenvalue weighted by Crippen LogP contribution is 2.35. The summed E-state index contributed by atoms with van der Waals surface area (Å²) in [6, 6.07) is 10.2. The van der Waals surface area contributed by atoms with E-state index in [2.05, 4.69) is 5.32 Å². The molecule has 0 saturated carbocycles. The van der Waals surface area contributed by atoms with E-state index in [1.807, 2.05) is 0 Å². The molecule has 7 heteroatoms. The van der Waals surface area contributed by atoms with Crippen LogP contribution in [0.2, 0.25) is 0 Å². The SMILES string of the molecule is COc1ccc(OC)c(NC2=C(c3ccc(F)cc3)C(=O)N(C(C)C)C2=O)c1. The van der Waals surface area contributed by atoms with Gasteiger partial charge in [-0.3, -0.25) is 14.5 Å². The van der Waals surface area contributed by atoms with E-state index in [1.165, 1.54) is 43.4 Å². The van der Waals surface area contributed by atoms with Crippen molar-refractivity contribution >= 4 is 23.1 Å². The number of anilines is 1. The molecular weight excluding hydrogens is 363 g/mol. The maximum absolute atomic E-state index is 13.4. The molecule has 28 heavy (non-hydrogen) atoms. The van der Waals surface area contributed by atoms with Crippen molar-refractivity contribution in [2.45, 2.75) is 19.9 Å². The highest BCUT2D eigenvalue weighted by Gasteiger charge is 2.40. The lowest BCUT2D eigenvalue weighted by atomic mass is 10.0. The van der Waals surface area contributed by atoms with Crippen LogP contribution in [-0.4, -0.2) is 37.0 Å². The Morgan fingerprint density at radius 3 is 2.21 bits per heavy atom. The molecule has 0 bridgehead atoms. The van der Waals surface area contributed by atoms with Gasteiger partial charge in [-0.1, -0.05) is 12.1 Å². The molecule has 2 aromatic carbocycles. The Labute approximate surface area is 162 Å². The molecule has 146 valence electrons. The minimum absolute atomic E-state index is 0.108. The first-order chi connectivity index (χ1) is 13.4. The first-order valence-corrected chi connectivity index (χ1v) is 8.74. The van der Waals surface area contributed by atoms with E-state index in [1.54, 1.807) is 32.0 Å². The average molecular weight is 384 g/mol. The van der Waals surface area contributed by atoms with Crippen LogP contribution in [-0.2, 0) is 9.59 Å². The van der Waals surface area contributed by atoms with Crippen molar-refractivity contribution in [1.82, 2.24) is 4.90 Å². The first kappa shape index (κ1) is 19.4. The third-order valence-electron chi connectivity index (χ3n) is 4.43. The number of imide groups is 1. The number of ether oxygens (including phenoxy) is 2. The first-order valence-electron chi connectivity index (χ1n) is 8.74. The fourth-order valence-electron chi connectivity index (χ4n) is 3.06. The van der Waals surface area contributed by atoms with Gasteiger partial charge < -0.3 is 14.8 Å². The van der Waals surface area contributed by atoms with E-state index in [4.69, 9.17) is 9.47 Å². The number of nitrogens with zero attached hydrogens (tertiary/aromatic N) is 1. The summed E-state index contributed by atoms with van der Waals surface area (Å²) in [4.78, 5) is 27.2. The van der Waals surface area contributed by atoms with Gasteiger partial charge in [0.05, 0.1) is 25.5 Å². The number of carbonyl (C=O) groups is 2. The zero-order chi connectivity index (χ0) is 20.4. The van der Waals surface area contributed by atoms with Gasteiger partial charge in [0, 0.05) is 12.1 Å². The summed E-state index contributed by atoms with van der Waals surface area (Å²) in [6.45, 7) is 3.51. The number of amides is 2. The Balaban J connectivity index is 2.14. The van der Waals surface area contributed by atoms with Crippen LogP contribution in [0.4, 0.5) is 10.1 Å². The van der Waals surface area contributed by atoms with Crippen molar-refractivity contribution in [3.63, 3.8) is 0 Å². The number of nitrogens with one attached hydrogen (secondary N) is 1. The molecule has 0 atom stereocenters. The van der Waals surface area contributed by atoms with Crippen LogP contribution in [0.15, 0.2) is 48.2 Å². The van der Waals surface area contributed by atoms with E-state index in [9.17, 15) is 14.0 Å². The number of rotatable bonds is 6. The monoisotopic (exact) mass is 384 g/mol. The van der Waals surface area contributed by atoms with Gasteiger partial charge in [-0.05, 0) is 43.7 Å². The highest BCUT2D eigenvalue weighted by molar-refractivity contribution is 6.36. The van der Waals surface area contributed by atoms with Gasteiger partial charge in [-0.2, -0.15) is 0 Å². The second-order valence-corrected chi connectivity index (χ2v) is 6.52. The van der Waals surface area contributed by atoms with Gasteiger partial charge in [0.25, 0.3) is 11.8 Å². The molecular formula is C21H21FN2O4. The molecule has 0 fully saturated rings. The molecule has 0 radical (unpaired) electrons. The third kappa shape index (κ3) is 3.43. The van der Waals surface area contributed by atoms with Crippen LogP contribution in [0.25, 0.3) is 5.57 Å². The van der Waals surface area contributed by atoms with E-state index in [0.717, 1.165) is 0 Å². The Bertz CT molecular complexity index is 951. The highest BCUT2D eigenvalue weighted by atomic mass is 19.1. The Hall–Kier alpha value is -3.35. The molecule has 3 rings (SSSR count). The van der Waals surface area contributed by atoms with Crippen LogP contribution < -0.4 is 14.8 Å². The smallest absolute Gasteiger partial charge is 0.278 e. The molecule has 2 aromatic rings. The van der Waals surface area contributed by atoms with Crippen LogP contribution in [0.1, 0.15) is 19.4 Å². The van der Waals surface area contributed by atoms with Gasteiger partial charge in [-0.15, -0.1) is 0 Å². The summed E-state index contributed by atoms with van der Waals surface area (Å²) >= 11 is 0. The predicted molar refractivity (Wildman–Crippen MR) is 103 cm³/mol. The lowest BCUT2D eigenvalue weighted by Crippen LogP contribution is -2.38. The molecule has 1 heterocycles. The number of carbonyl (C=O) groups excluding carboxylic acids is 2. The molecule has 1 aliphatic heterocycles. The molecule has 0 spiro atoms. The topological polar surface area (TPSA) is 67.9 Å². The molecule has 0 aliphatic carbocycles. The van der Waals surface area contributed by atoms with Gasteiger partial charge in [0.1, 0.15) is 23.0 Å². The van der Waals surface area contributed by atoms with Crippen LogP contribution in [0.3, 0.4) is 0 Å². The quantitative estimate of drug-likeness (QED) is 0.773. The number of halogens is 1. The Morgan fingerprint density at radius 1 is 0.964 bits per heavy atom. The predicted octanol–water partition coefficient (Wildman–Crippen LogP) is 3.44. The van der Waals surface area contributed by atoms with Gasteiger partial charge in [-0.25, -0.2) is 4.39 Å². The lowest BCUT2D eigenvalue weighted by Gasteiger charge is -2.19. The molecule has 0 unspecified atom stereocenters. The van der Waals surface area contributed by atoms with Crippen molar-refractivity contribution < 1.29 is 23.5 Å². The van der Waals surface area contributed by atoms with Crippen molar-refractivity contribution in [3.05, 3.63) is 59.5 Å². The standard InChI is InChI=1S/C21H21FN2O4/c1-12(2)24-20(25)18(13-5-7-14(22)8-6-13)19(21(24)26)23-16-11-15(27-3)9-10-17(16)28-4/h5-12,23H,1-4H3. The maximum Gasteiger partial charge on any atom is 0.278 e. The van der Waals surface area contributed by atoms with Gasteiger partial charge >= 0.3 is 0 Å². The summed E-state index contributed by atoms with van der Waals surface area (Å²) in [6.07, 6.45) is 0. The minimum atomic E-state index is -0.454. The summed E-state index contributed by atoms with van der Waals surface area (Å²) in [5, 5.41) is 3.03. The van der Waals surface area contributed by atoms with Crippen molar-refractivity contribution in [1.29, 1.82) is 0 Å². The zero-order valence-electron chi connectivity index (χ0n) is 16.1. The fraction of sp³-hybridized carbons (Fsp3) is 0.238. The maximum atomic E-state index is 13.4. The van der Waals surface area contributed by atoms with Crippen molar-refractivity contribution in [2.75, 3.05) is 19.5 Å². The molecule has 0 aromatic heterocycles. The minimum Gasteiger partial charge on any atom is -0.497 e. The van der Waals surface area contributed by atoms with Crippen LogP contribution >= 0.6 is 0 Å². The van der Waals surface area contributed by atoms with Crippen LogP contribution in [0.5, 0.6) is 11.5 Å². The average Bonchev–Trinajstić information content (AvgIpc) is 2.92.